The first-order valence-corrected chi connectivity index (χ1v) is 6.54. The van der Waals surface area contributed by atoms with Crippen LogP contribution in [-0.4, -0.2) is 8.96 Å². The van der Waals surface area contributed by atoms with Gasteiger partial charge in [-0.1, -0.05) is 13.8 Å². The fourth-order valence-electron chi connectivity index (χ4n) is 1.47. The number of fused-ring (bicyclic) bond motifs is 1. The van der Waals surface area contributed by atoms with Crippen molar-refractivity contribution in [3.8, 4) is 0 Å². The molecule has 0 unspecified atom stereocenters. The Bertz CT molecular complexity index is 496. The molecule has 2 nitrogen and oxygen atoms in total. The van der Waals surface area contributed by atoms with E-state index in [4.69, 9.17) is 0 Å². The van der Waals surface area contributed by atoms with Crippen molar-refractivity contribution in [3.63, 3.8) is 0 Å². The summed E-state index contributed by atoms with van der Waals surface area (Å²) in [6, 6.07) is 1.87. The Balaban J connectivity index is 0.000000606. The van der Waals surface area contributed by atoms with Gasteiger partial charge in [0.2, 0.25) is 0 Å². The molecule has 0 atom stereocenters. The Morgan fingerprint density at radius 2 is 2.00 bits per heavy atom. The van der Waals surface area contributed by atoms with Gasteiger partial charge in [0.1, 0.15) is 0 Å². The first-order chi connectivity index (χ1) is 7.65. The molecule has 16 heavy (non-hydrogen) atoms. The van der Waals surface area contributed by atoms with Crippen molar-refractivity contribution in [1.29, 1.82) is 0 Å². The minimum absolute atomic E-state index is 0.210. The lowest BCUT2D eigenvalue weighted by Gasteiger charge is -1.98. The maximum absolute atomic E-state index is 12.7. The molecule has 5 heteroatoms. The van der Waals surface area contributed by atoms with Crippen molar-refractivity contribution in [3.05, 3.63) is 28.0 Å². The average molecular weight is 305 g/mol. The van der Waals surface area contributed by atoms with Crippen LogP contribution in [0, 0.1) is 13.8 Å². The lowest BCUT2D eigenvalue weighted by Crippen LogP contribution is -1.86. The molecule has 2 heterocycles. The largest absolute Gasteiger partial charge is 0.259 e. The average Bonchev–Trinajstić information content (AvgIpc) is 2.54. The van der Waals surface area contributed by atoms with E-state index in [0.717, 1.165) is 26.8 Å². The summed E-state index contributed by atoms with van der Waals surface area (Å²) in [6.45, 7) is 7.84. The highest BCUT2D eigenvalue weighted by atomic mass is 79.9. The zero-order valence-electron chi connectivity index (χ0n) is 9.71. The number of aryl methyl sites for hydroxylation is 1. The van der Waals surface area contributed by atoms with Gasteiger partial charge in [-0.3, -0.25) is 8.96 Å². The fraction of sp³-hybridized carbons (Fsp3) is 0.364. The summed E-state index contributed by atoms with van der Waals surface area (Å²) in [5, 5.41) is 0. The van der Waals surface area contributed by atoms with Gasteiger partial charge in [-0.2, -0.15) is 0 Å². The second-order valence-corrected chi connectivity index (χ2v) is 4.51. The summed E-state index contributed by atoms with van der Waals surface area (Å²) in [6.07, 6.45) is 1.72. The summed E-state index contributed by atoms with van der Waals surface area (Å²) in [4.78, 5) is 4.26. The van der Waals surface area contributed by atoms with E-state index < -0.39 is 0 Å². The number of aromatic nitrogens is 2. The van der Waals surface area contributed by atoms with Gasteiger partial charge < -0.3 is 0 Å². The predicted molar refractivity (Wildman–Crippen MR) is 72.4 cm³/mol. The SMILES string of the molecule is CC.Cc1c(C)n(SF)c2cc(Br)cnc12. The van der Waals surface area contributed by atoms with Crippen LogP contribution in [0.15, 0.2) is 16.7 Å². The van der Waals surface area contributed by atoms with Crippen LogP contribution < -0.4 is 0 Å². The van der Waals surface area contributed by atoms with Crippen molar-refractivity contribution in [2.75, 3.05) is 0 Å². The number of halogens is 2. The van der Waals surface area contributed by atoms with E-state index in [-0.39, 0.29) is 12.3 Å². The molecule has 0 bridgehead atoms. The van der Waals surface area contributed by atoms with Crippen molar-refractivity contribution in [2.24, 2.45) is 0 Å². The molecule has 0 amide bonds. The van der Waals surface area contributed by atoms with Crippen molar-refractivity contribution in [2.45, 2.75) is 27.7 Å². The van der Waals surface area contributed by atoms with Gasteiger partial charge in [-0.25, -0.2) is 0 Å². The van der Waals surface area contributed by atoms with Crippen molar-refractivity contribution in [1.82, 2.24) is 8.96 Å². The second-order valence-electron chi connectivity index (χ2n) is 3.10. The van der Waals surface area contributed by atoms with E-state index in [1.54, 1.807) is 10.2 Å². The molecule has 0 radical (unpaired) electrons. The van der Waals surface area contributed by atoms with Gasteiger partial charge in [-0.15, -0.1) is 3.89 Å². The molecule has 0 aliphatic carbocycles. The van der Waals surface area contributed by atoms with Gasteiger partial charge >= 0.3 is 0 Å². The lowest BCUT2D eigenvalue weighted by molar-refractivity contribution is 0.915. The van der Waals surface area contributed by atoms with Gasteiger partial charge in [0, 0.05) is 16.4 Å². The fourth-order valence-corrected chi connectivity index (χ4v) is 2.24. The minimum atomic E-state index is 0.210. The van der Waals surface area contributed by atoms with Gasteiger partial charge in [0.15, 0.2) is 12.3 Å². The normalized spacial score (nSPS) is 10.1. The summed E-state index contributed by atoms with van der Waals surface area (Å²) >= 11 is 3.53. The quantitative estimate of drug-likeness (QED) is 0.751. The molecule has 0 saturated heterocycles. The molecule has 2 aromatic rings. The van der Waals surface area contributed by atoms with Crippen LogP contribution in [0.3, 0.4) is 0 Å². The van der Waals surface area contributed by atoms with E-state index in [0.29, 0.717) is 0 Å². The zero-order chi connectivity index (χ0) is 12.3. The highest BCUT2D eigenvalue weighted by Crippen LogP contribution is 2.29. The summed E-state index contributed by atoms with van der Waals surface area (Å²) in [7, 11) is 0. The Morgan fingerprint density at radius 3 is 2.56 bits per heavy atom. The molecule has 0 saturated carbocycles. The third kappa shape index (κ3) is 2.25. The van der Waals surface area contributed by atoms with Crippen LogP contribution in [-0.2, 0) is 0 Å². The molecule has 2 rings (SSSR count). The molecule has 0 fully saturated rings. The first-order valence-electron chi connectivity index (χ1n) is 5.07. The Kier molecular flexibility index (Phi) is 4.80. The minimum Gasteiger partial charge on any atom is -0.259 e. The van der Waals surface area contributed by atoms with Gasteiger partial charge in [0.25, 0.3) is 0 Å². The molecule has 2 aromatic heterocycles. The zero-order valence-corrected chi connectivity index (χ0v) is 12.1. The lowest BCUT2D eigenvalue weighted by atomic mass is 10.2. The highest BCUT2D eigenvalue weighted by molar-refractivity contribution is 9.10. The van der Waals surface area contributed by atoms with Crippen LogP contribution >= 0.6 is 28.3 Å². The second kappa shape index (κ2) is 5.68. The topological polar surface area (TPSA) is 17.8 Å². The van der Waals surface area contributed by atoms with Gasteiger partial charge in [-0.05, 0) is 41.4 Å². The molecular formula is C11H14BrFN2S. The molecule has 0 N–H and O–H groups in total. The van der Waals surface area contributed by atoms with Crippen LogP contribution in [0.25, 0.3) is 11.0 Å². The van der Waals surface area contributed by atoms with Gasteiger partial charge in [0.05, 0.1) is 11.0 Å². The Hall–Kier alpha value is -0.550. The summed E-state index contributed by atoms with van der Waals surface area (Å²) < 4.78 is 15.1. The highest BCUT2D eigenvalue weighted by Gasteiger charge is 2.12. The maximum atomic E-state index is 12.7. The molecule has 0 aliphatic heterocycles. The molecule has 0 aliphatic rings. The monoisotopic (exact) mass is 304 g/mol. The standard InChI is InChI=1S/C9H8BrFN2S.C2H6/c1-5-6(2)13(14-11)8-3-7(10)4-12-9(5)8;1-2/h3-4H,1-2H3;1-2H3. The molecule has 0 aromatic carbocycles. The number of rotatable bonds is 1. The van der Waals surface area contributed by atoms with E-state index in [9.17, 15) is 3.89 Å². The maximum Gasteiger partial charge on any atom is 0.170 e. The van der Waals surface area contributed by atoms with Crippen LogP contribution in [0.5, 0.6) is 0 Å². The van der Waals surface area contributed by atoms with Crippen molar-refractivity contribution < 1.29 is 3.89 Å². The molecule has 88 valence electrons. The Morgan fingerprint density at radius 1 is 1.38 bits per heavy atom. The van der Waals surface area contributed by atoms with Crippen LogP contribution in [0.4, 0.5) is 3.89 Å². The number of hydrogen-bond donors (Lipinski definition) is 0. The van der Waals surface area contributed by atoms with E-state index in [1.807, 2.05) is 33.8 Å². The van der Waals surface area contributed by atoms with Crippen LogP contribution in [0.2, 0.25) is 0 Å². The third-order valence-electron chi connectivity index (χ3n) is 2.32. The Labute approximate surface area is 108 Å². The number of hydrogen-bond acceptors (Lipinski definition) is 2. The molecular weight excluding hydrogens is 291 g/mol. The number of pyridine rings is 1. The third-order valence-corrected chi connectivity index (χ3v) is 3.37. The van der Waals surface area contributed by atoms with Crippen molar-refractivity contribution >= 4 is 39.3 Å². The number of nitrogens with zero attached hydrogens (tertiary/aromatic N) is 2. The summed E-state index contributed by atoms with van der Waals surface area (Å²) in [5.41, 5.74) is 3.59. The van der Waals surface area contributed by atoms with Crippen LogP contribution in [0.1, 0.15) is 25.1 Å². The smallest absolute Gasteiger partial charge is 0.170 e. The van der Waals surface area contributed by atoms with E-state index in [1.165, 1.54) is 0 Å². The van der Waals surface area contributed by atoms with E-state index in [2.05, 4.69) is 20.9 Å². The van der Waals surface area contributed by atoms with E-state index >= 15 is 0 Å². The first kappa shape index (κ1) is 13.5. The molecule has 0 spiro atoms. The predicted octanol–water partition coefficient (Wildman–Crippen LogP) is 4.82. The summed E-state index contributed by atoms with van der Waals surface area (Å²) in [5.74, 6) is 0.